The highest BCUT2D eigenvalue weighted by Crippen LogP contribution is 2.34. The number of benzene rings is 1. The Morgan fingerprint density at radius 3 is 2.89 bits per heavy atom. The standard InChI is InChI=1S/C15H14N2OS/c1-18-12-2-3-14-11(7-12)8-15(19-14)13-6-10(9-16)4-5-17-13/h2-8H,9,16H2,1H3. The predicted molar refractivity (Wildman–Crippen MR) is 79.5 cm³/mol. The zero-order valence-electron chi connectivity index (χ0n) is 10.6. The maximum Gasteiger partial charge on any atom is 0.119 e. The predicted octanol–water partition coefficient (Wildman–Crippen LogP) is 3.43. The van der Waals surface area contributed by atoms with Gasteiger partial charge in [0.1, 0.15) is 5.75 Å². The van der Waals surface area contributed by atoms with Gasteiger partial charge in [0.05, 0.1) is 17.7 Å². The number of ether oxygens (including phenoxy) is 1. The van der Waals surface area contributed by atoms with Crippen LogP contribution in [-0.4, -0.2) is 12.1 Å². The van der Waals surface area contributed by atoms with Gasteiger partial charge in [0.2, 0.25) is 0 Å². The molecule has 2 heterocycles. The molecular formula is C15H14N2OS. The lowest BCUT2D eigenvalue weighted by Crippen LogP contribution is -1.96. The molecule has 0 saturated heterocycles. The molecule has 0 unspecified atom stereocenters. The number of nitrogens with zero attached hydrogens (tertiary/aromatic N) is 1. The van der Waals surface area contributed by atoms with Crippen molar-refractivity contribution in [1.29, 1.82) is 0 Å². The maximum absolute atomic E-state index is 5.67. The Balaban J connectivity index is 2.09. The fourth-order valence-corrected chi connectivity index (χ4v) is 3.02. The molecule has 1 aromatic carbocycles. The van der Waals surface area contributed by atoms with E-state index >= 15 is 0 Å². The molecule has 0 aliphatic rings. The molecule has 4 heteroatoms. The zero-order chi connectivity index (χ0) is 13.2. The van der Waals surface area contributed by atoms with Crippen LogP contribution in [0.3, 0.4) is 0 Å². The normalized spacial score (nSPS) is 10.8. The van der Waals surface area contributed by atoms with Crippen LogP contribution in [-0.2, 0) is 6.54 Å². The average Bonchev–Trinajstić information content (AvgIpc) is 2.90. The second-order valence-electron chi connectivity index (χ2n) is 4.27. The fraction of sp³-hybridized carbons (Fsp3) is 0.133. The molecule has 0 fully saturated rings. The molecule has 3 aromatic rings. The molecule has 96 valence electrons. The van der Waals surface area contributed by atoms with Crippen molar-refractivity contribution in [2.45, 2.75) is 6.54 Å². The molecule has 3 nitrogen and oxygen atoms in total. The van der Waals surface area contributed by atoms with E-state index in [2.05, 4.69) is 17.1 Å². The van der Waals surface area contributed by atoms with Crippen molar-refractivity contribution in [2.75, 3.05) is 7.11 Å². The van der Waals surface area contributed by atoms with Gasteiger partial charge in [-0.25, -0.2) is 0 Å². The summed E-state index contributed by atoms with van der Waals surface area (Å²) in [5.74, 6) is 0.875. The Labute approximate surface area is 115 Å². The molecule has 0 bridgehead atoms. The third-order valence-corrected chi connectivity index (χ3v) is 4.17. The minimum Gasteiger partial charge on any atom is -0.497 e. The average molecular weight is 270 g/mol. The first-order valence-electron chi connectivity index (χ1n) is 6.03. The van der Waals surface area contributed by atoms with Gasteiger partial charge in [-0.2, -0.15) is 0 Å². The van der Waals surface area contributed by atoms with Crippen molar-refractivity contribution >= 4 is 21.4 Å². The molecule has 0 aliphatic heterocycles. The van der Waals surface area contributed by atoms with Crippen LogP contribution in [0.1, 0.15) is 5.56 Å². The van der Waals surface area contributed by atoms with Gasteiger partial charge in [0.25, 0.3) is 0 Å². The number of pyridine rings is 1. The first-order valence-corrected chi connectivity index (χ1v) is 6.85. The van der Waals surface area contributed by atoms with Crippen molar-refractivity contribution < 1.29 is 4.74 Å². The number of aromatic nitrogens is 1. The largest absolute Gasteiger partial charge is 0.497 e. The Morgan fingerprint density at radius 2 is 2.11 bits per heavy atom. The van der Waals surface area contributed by atoms with Crippen LogP contribution in [0.25, 0.3) is 20.7 Å². The molecule has 19 heavy (non-hydrogen) atoms. The van der Waals surface area contributed by atoms with E-state index in [1.807, 2.05) is 30.5 Å². The van der Waals surface area contributed by atoms with Crippen LogP contribution in [0.2, 0.25) is 0 Å². The lowest BCUT2D eigenvalue weighted by atomic mass is 10.2. The van der Waals surface area contributed by atoms with E-state index in [0.717, 1.165) is 21.9 Å². The highest BCUT2D eigenvalue weighted by Gasteiger charge is 2.07. The SMILES string of the molecule is COc1ccc2sc(-c3cc(CN)ccn3)cc2c1. The molecule has 0 atom stereocenters. The van der Waals surface area contributed by atoms with Crippen LogP contribution in [0, 0.1) is 0 Å². The van der Waals surface area contributed by atoms with E-state index in [-0.39, 0.29) is 0 Å². The number of nitrogens with two attached hydrogens (primary N) is 1. The molecule has 0 spiro atoms. The Hall–Kier alpha value is -1.91. The van der Waals surface area contributed by atoms with E-state index in [1.54, 1.807) is 18.4 Å². The molecule has 0 radical (unpaired) electrons. The summed E-state index contributed by atoms with van der Waals surface area (Å²) in [6.07, 6.45) is 1.81. The molecule has 0 saturated carbocycles. The van der Waals surface area contributed by atoms with Crippen LogP contribution < -0.4 is 10.5 Å². The van der Waals surface area contributed by atoms with Gasteiger partial charge >= 0.3 is 0 Å². The summed E-state index contributed by atoms with van der Waals surface area (Å²) in [7, 11) is 1.68. The van der Waals surface area contributed by atoms with Crippen LogP contribution in [0.4, 0.5) is 0 Å². The molecular weight excluding hydrogens is 256 g/mol. The van der Waals surface area contributed by atoms with Crippen molar-refractivity contribution in [1.82, 2.24) is 4.98 Å². The fourth-order valence-electron chi connectivity index (χ4n) is 2.01. The number of thiophene rings is 1. The summed E-state index contributed by atoms with van der Waals surface area (Å²) in [5.41, 5.74) is 7.74. The highest BCUT2D eigenvalue weighted by atomic mass is 32.1. The Kier molecular flexibility index (Phi) is 3.19. The number of hydrogen-bond donors (Lipinski definition) is 1. The summed E-state index contributed by atoms with van der Waals surface area (Å²) in [5, 5.41) is 1.18. The monoisotopic (exact) mass is 270 g/mol. The first kappa shape index (κ1) is 12.1. The van der Waals surface area contributed by atoms with Crippen LogP contribution in [0.5, 0.6) is 5.75 Å². The number of fused-ring (bicyclic) bond motifs is 1. The van der Waals surface area contributed by atoms with Gasteiger partial charge in [-0.05, 0) is 47.3 Å². The molecule has 3 rings (SSSR count). The molecule has 2 N–H and O–H groups in total. The Bertz CT molecular complexity index is 721. The topological polar surface area (TPSA) is 48.1 Å². The van der Waals surface area contributed by atoms with Crippen molar-refractivity contribution in [3.8, 4) is 16.3 Å². The lowest BCUT2D eigenvalue weighted by molar-refractivity contribution is 0.415. The van der Waals surface area contributed by atoms with Gasteiger partial charge in [-0.3, -0.25) is 4.98 Å². The third kappa shape index (κ3) is 2.32. The third-order valence-electron chi connectivity index (χ3n) is 3.04. The molecule has 0 aliphatic carbocycles. The second-order valence-corrected chi connectivity index (χ2v) is 5.35. The summed E-state index contributed by atoms with van der Waals surface area (Å²) >= 11 is 1.73. The number of rotatable bonds is 3. The van der Waals surface area contributed by atoms with E-state index in [0.29, 0.717) is 6.54 Å². The lowest BCUT2D eigenvalue weighted by Gasteiger charge is -1.99. The van der Waals surface area contributed by atoms with Gasteiger partial charge in [0, 0.05) is 17.4 Å². The van der Waals surface area contributed by atoms with E-state index in [4.69, 9.17) is 10.5 Å². The number of hydrogen-bond acceptors (Lipinski definition) is 4. The van der Waals surface area contributed by atoms with Crippen LogP contribution >= 0.6 is 11.3 Å². The summed E-state index contributed by atoms with van der Waals surface area (Å²) in [6, 6.07) is 12.2. The highest BCUT2D eigenvalue weighted by molar-refractivity contribution is 7.22. The minimum atomic E-state index is 0.536. The van der Waals surface area contributed by atoms with Gasteiger partial charge in [-0.1, -0.05) is 0 Å². The number of methoxy groups -OCH3 is 1. The molecule has 0 amide bonds. The van der Waals surface area contributed by atoms with Gasteiger partial charge in [-0.15, -0.1) is 11.3 Å². The van der Waals surface area contributed by atoms with Gasteiger partial charge < -0.3 is 10.5 Å². The van der Waals surface area contributed by atoms with E-state index < -0.39 is 0 Å². The summed E-state index contributed by atoms with van der Waals surface area (Å²) in [6.45, 7) is 0.536. The quantitative estimate of drug-likeness (QED) is 0.793. The first-order chi connectivity index (χ1) is 9.30. The smallest absolute Gasteiger partial charge is 0.119 e. The summed E-state index contributed by atoms with van der Waals surface area (Å²) < 4.78 is 6.48. The Morgan fingerprint density at radius 1 is 1.21 bits per heavy atom. The van der Waals surface area contributed by atoms with Crippen molar-refractivity contribution in [3.63, 3.8) is 0 Å². The van der Waals surface area contributed by atoms with Crippen molar-refractivity contribution in [3.05, 3.63) is 48.2 Å². The second kappa shape index (κ2) is 4.99. The van der Waals surface area contributed by atoms with E-state index in [1.165, 1.54) is 10.1 Å². The summed E-state index contributed by atoms with van der Waals surface area (Å²) in [4.78, 5) is 5.57. The maximum atomic E-state index is 5.67. The van der Waals surface area contributed by atoms with Crippen molar-refractivity contribution in [2.24, 2.45) is 5.73 Å². The van der Waals surface area contributed by atoms with E-state index in [9.17, 15) is 0 Å². The van der Waals surface area contributed by atoms with Gasteiger partial charge in [0.15, 0.2) is 0 Å². The van der Waals surface area contributed by atoms with Crippen LogP contribution in [0.15, 0.2) is 42.6 Å². The molecule has 2 aromatic heterocycles. The minimum absolute atomic E-state index is 0.536. The zero-order valence-corrected chi connectivity index (χ0v) is 11.4.